The maximum atomic E-state index is 8.94. The van der Waals surface area contributed by atoms with Crippen molar-refractivity contribution in [3.8, 4) is 0 Å². The van der Waals surface area contributed by atoms with Crippen LogP contribution in [0.2, 0.25) is 0 Å². The van der Waals surface area contributed by atoms with E-state index in [-0.39, 0.29) is 0 Å². The number of hydrogen-bond acceptors (Lipinski definition) is 3. The van der Waals surface area contributed by atoms with E-state index < -0.39 is 0 Å². The number of aliphatic hydroxyl groups excluding tert-OH is 2. The molecule has 0 fully saturated rings. The minimum atomic E-state index is 0.309. The lowest BCUT2D eigenvalue weighted by atomic mass is 10.0. The molecule has 0 saturated carbocycles. The summed E-state index contributed by atoms with van der Waals surface area (Å²) in [6.45, 7) is 10.8. The molecule has 0 saturated heterocycles. The summed E-state index contributed by atoms with van der Waals surface area (Å²) >= 11 is 0. The molecule has 116 valence electrons. The molecule has 0 heterocycles. The SMILES string of the molecule is CCCCN(CCC(C)CCO)CCC(C)CCO. The van der Waals surface area contributed by atoms with Crippen LogP contribution in [0.15, 0.2) is 0 Å². The molecule has 0 aromatic heterocycles. The van der Waals surface area contributed by atoms with Crippen LogP contribution in [0, 0.1) is 11.8 Å². The van der Waals surface area contributed by atoms with Gasteiger partial charge in [0, 0.05) is 13.2 Å². The Bertz CT molecular complexity index is 172. The van der Waals surface area contributed by atoms with E-state index in [4.69, 9.17) is 10.2 Å². The van der Waals surface area contributed by atoms with Crippen molar-refractivity contribution >= 4 is 0 Å². The molecule has 0 bridgehead atoms. The van der Waals surface area contributed by atoms with Gasteiger partial charge in [0.05, 0.1) is 0 Å². The number of aliphatic hydroxyl groups is 2. The van der Waals surface area contributed by atoms with Crippen molar-refractivity contribution < 1.29 is 10.2 Å². The number of hydrogen-bond donors (Lipinski definition) is 2. The zero-order valence-electron chi connectivity index (χ0n) is 13.3. The third-order valence-electron chi connectivity index (χ3n) is 3.95. The van der Waals surface area contributed by atoms with Crippen LogP contribution in [-0.2, 0) is 0 Å². The smallest absolute Gasteiger partial charge is 0.0433 e. The summed E-state index contributed by atoms with van der Waals surface area (Å²) in [5, 5.41) is 17.9. The summed E-state index contributed by atoms with van der Waals surface area (Å²) in [7, 11) is 0. The average Bonchev–Trinajstić information content (AvgIpc) is 2.38. The second-order valence-electron chi connectivity index (χ2n) is 6.01. The van der Waals surface area contributed by atoms with Gasteiger partial charge in [0.15, 0.2) is 0 Å². The molecule has 0 amide bonds. The lowest BCUT2D eigenvalue weighted by Gasteiger charge is -2.25. The van der Waals surface area contributed by atoms with Crippen molar-refractivity contribution in [2.45, 2.75) is 59.3 Å². The van der Waals surface area contributed by atoms with Crippen LogP contribution >= 0.6 is 0 Å². The standard InChI is InChI=1S/C16H35NO2/c1-4-5-10-17(11-6-15(2)8-13-18)12-7-16(3)9-14-19/h15-16,18-19H,4-14H2,1-3H3. The van der Waals surface area contributed by atoms with Crippen molar-refractivity contribution in [2.24, 2.45) is 11.8 Å². The molecule has 2 unspecified atom stereocenters. The molecule has 0 aliphatic rings. The molecule has 0 aliphatic carbocycles. The second kappa shape index (κ2) is 12.9. The summed E-state index contributed by atoms with van der Waals surface area (Å²) in [5.74, 6) is 1.23. The molecular formula is C16H35NO2. The van der Waals surface area contributed by atoms with Crippen LogP contribution in [0.25, 0.3) is 0 Å². The predicted molar refractivity (Wildman–Crippen MR) is 82.3 cm³/mol. The van der Waals surface area contributed by atoms with Gasteiger partial charge >= 0.3 is 0 Å². The van der Waals surface area contributed by atoms with Gasteiger partial charge in [-0.15, -0.1) is 0 Å². The summed E-state index contributed by atoms with van der Waals surface area (Å²) in [5.41, 5.74) is 0. The molecule has 19 heavy (non-hydrogen) atoms. The highest BCUT2D eigenvalue weighted by Crippen LogP contribution is 2.12. The first kappa shape index (κ1) is 18.9. The fourth-order valence-corrected chi connectivity index (χ4v) is 2.25. The Labute approximate surface area is 120 Å². The van der Waals surface area contributed by atoms with Crippen LogP contribution in [0.4, 0.5) is 0 Å². The monoisotopic (exact) mass is 273 g/mol. The zero-order chi connectivity index (χ0) is 14.5. The van der Waals surface area contributed by atoms with E-state index in [1.807, 2.05) is 0 Å². The second-order valence-corrected chi connectivity index (χ2v) is 6.01. The Balaban J connectivity index is 3.93. The molecule has 0 aliphatic heterocycles. The van der Waals surface area contributed by atoms with Crippen molar-refractivity contribution in [3.05, 3.63) is 0 Å². The van der Waals surface area contributed by atoms with Crippen LogP contribution < -0.4 is 0 Å². The van der Waals surface area contributed by atoms with E-state index in [1.54, 1.807) is 0 Å². The molecule has 0 spiro atoms. The van der Waals surface area contributed by atoms with Gasteiger partial charge < -0.3 is 15.1 Å². The van der Waals surface area contributed by atoms with E-state index in [0.717, 1.165) is 25.9 Å². The topological polar surface area (TPSA) is 43.7 Å². The fourth-order valence-electron chi connectivity index (χ4n) is 2.25. The van der Waals surface area contributed by atoms with Gasteiger partial charge in [-0.1, -0.05) is 27.2 Å². The first-order chi connectivity index (χ1) is 9.13. The first-order valence-corrected chi connectivity index (χ1v) is 8.08. The fraction of sp³-hybridized carbons (Fsp3) is 1.00. The number of rotatable bonds is 13. The predicted octanol–water partition coefficient (Wildman–Crippen LogP) is 2.91. The number of nitrogens with zero attached hydrogens (tertiary/aromatic N) is 1. The third kappa shape index (κ3) is 11.4. The average molecular weight is 273 g/mol. The normalized spacial score (nSPS) is 14.8. The molecule has 0 rings (SSSR count). The van der Waals surface area contributed by atoms with Gasteiger partial charge in [-0.05, 0) is 63.6 Å². The lowest BCUT2D eigenvalue weighted by Crippen LogP contribution is -2.29. The summed E-state index contributed by atoms with van der Waals surface area (Å²) in [4.78, 5) is 2.56. The van der Waals surface area contributed by atoms with Crippen molar-refractivity contribution in [3.63, 3.8) is 0 Å². The summed E-state index contributed by atoms with van der Waals surface area (Å²) in [6.07, 6.45) is 6.71. The molecule has 0 aromatic rings. The minimum Gasteiger partial charge on any atom is -0.396 e. The van der Waals surface area contributed by atoms with Crippen molar-refractivity contribution in [1.29, 1.82) is 0 Å². The molecule has 2 atom stereocenters. The third-order valence-corrected chi connectivity index (χ3v) is 3.95. The van der Waals surface area contributed by atoms with E-state index >= 15 is 0 Å². The van der Waals surface area contributed by atoms with Gasteiger partial charge in [0.1, 0.15) is 0 Å². The highest BCUT2D eigenvalue weighted by atomic mass is 16.3. The van der Waals surface area contributed by atoms with Crippen molar-refractivity contribution in [2.75, 3.05) is 32.8 Å². The Kier molecular flexibility index (Phi) is 12.8. The van der Waals surface area contributed by atoms with E-state index in [1.165, 1.54) is 32.2 Å². The Hall–Kier alpha value is -0.120. The quantitative estimate of drug-likeness (QED) is 0.542. The van der Waals surface area contributed by atoms with Gasteiger partial charge in [0.2, 0.25) is 0 Å². The Morgan fingerprint density at radius 1 is 0.789 bits per heavy atom. The molecule has 2 N–H and O–H groups in total. The van der Waals surface area contributed by atoms with E-state index in [2.05, 4.69) is 25.7 Å². The number of unbranched alkanes of at least 4 members (excludes halogenated alkanes) is 1. The van der Waals surface area contributed by atoms with Gasteiger partial charge in [-0.25, -0.2) is 0 Å². The summed E-state index contributed by atoms with van der Waals surface area (Å²) < 4.78 is 0. The first-order valence-electron chi connectivity index (χ1n) is 8.08. The van der Waals surface area contributed by atoms with E-state index in [9.17, 15) is 0 Å². The molecular weight excluding hydrogens is 238 g/mol. The molecule has 3 heteroatoms. The molecule has 0 aromatic carbocycles. The van der Waals surface area contributed by atoms with Gasteiger partial charge in [0.25, 0.3) is 0 Å². The maximum absolute atomic E-state index is 8.94. The van der Waals surface area contributed by atoms with Crippen molar-refractivity contribution in [1.82, 2.24) is 4.90 Å². The minimum absolute atomic E-state index is 0.309. The lowest BCUT2D eigenvalue weighted by molar-refractivity contribution is 0.205. The van der Waals surface area contributed by atoms with Crippen LogP contribution in [-0.4, -0.2) is 48.0 Å². The van der Waals surface area contributed by atoms with Gasteiger partial charge in [-0.2, -0.15) is 0 Å². The highest BCUT2D eigenvalue weighted by Gasteiger charge is 2.10. The summed E-state index contributed by atoms with van der Waals surface area (Å²) in [6, 6.07) is 0. The maximum Gasteiger partial charge on any atom is 0.0433 e. The van der Waals surface area contributed by atoms with E-state index in [0.29, 0.717) is 25.0 Å². The molecule has 3 nitrogen and oxygen atoms in total. The zero-order valence-corrected chi connectivity index (χ0v) is 13.3. The Morgan fingerprint density at radius 3 is 1.63 bits per heavy atom. The largest absolute Gasteiger partial charge is 0.396 e. The van der Waals surface area contributed by atoms with Crippen LogP contribution in [0.5, 0.6) is 0 Å². The van der Waals surface area contributed by atoms with Gasteiger partial charge in [-0.3, -0.25) is 0 Å². The molecule has 0 radical (unpaired) electrons. The van der Waals surface area contributed by atoms with Crippen LogP contribution in [0.3, 0.4) is 0 Å². The Morgan fingerprint density at radius 2 is 1.26 bits per heavy atom. The van der Waals surface area contributed by atoms with Crippen LogP contribution in [0.1, 0.15) is 59.3 Å². The highest BCUT2D eigenvalue weighted by molar-refractivity contribution is 4.64.